The number of aromatic nitrogens is 1. The number of benzene rings is 2. The molecule has 7 nitrogen and oxygen atoms in total. The van der Waals surface area contributed by atoms with Crippen LogP contribution in [0.4, 0.5) is 4.39 Å². The van der Waals surface area contributed by atoms with E-state index in [4.69, 9.17) is 0 Å². The summed E-state index contributed by atoms with van der Waals surface area (Å²) in [5.74, 6) is -2.01. The number of carbonyl (C=O) groups excluding carboxylic acids is 2. The first kappa shape index (κ1) is 20.2. The molecule has 0 aliphatic heterocycles. The number of aromatic hydroxyl groups is 2. The predicted molar refractivity (Wildman–Crippen MR) is 104 cm³/mol. The van der Waals surface area contributed by atoms with Crippen LogP contribution in [0, 0.1) is 5.82 Å². The third kappa shape index (κ3) is 4.48. The van der Waals surface area contributed by atoms with E-state index in [-0.39, 0.29) is 23.7 Å². The lowest BCUT2D eigenvalue weighted by atomic mass is 10.1. The SMILES string of the molecule is CCCCn1c(O)c2ccc(C(=O)N=NC(=O)Cc3ccc(F)cc3)cc2c1O. The molecule has 0 saturated heterocycles. The van der Waals surface area contributed by atoms with Gasteiger partial charge in [-0.15, -0.1) is 10.2 Å². The molecular weight excluding hydrogens is 377 g/mol. The Balaban J connectivity index is 1.76. The van der Waals surface area contributed by atoms with Gasteiger partial charge in [0, 0.05) is 22.9 Å². The Morgan fingerprint density at radius 1 is 1.00 bits per heavy atom. The normalized spacial score (nSPS) is 11.4. The van der Waals surface area contributed by atoms with E-state index in [0.29, 0.717) is 22.9 Å². The van der Waals surface area contributed by atoms with E-state index in [1.165, 1.54) is 47.0 Å². The van der Waals surface area contributed by atoms with E-state index in [1.54, 1.807) is 0 Å². The average Bonchev–Trinajstić information content (AvgIpc) is 2.96. The van der Waals surface area contributed by atoms with Crippen molar-refractivity contribution in [2.24, 2.45) is 10.2 Å². The Bertz CT molecular complexity index is 1090. The fraction of sp³-hybridized carbons (Fsp3) is 0.238. The fourth-order valence-electron chi connectivity index (χ4n) is 2.95. The first-order valence-electron chi connectivity index (χ1n) is 9.18. The van der Waals surface area contributed by atoms with E-state index in [9.17, 15) is 24.2 Å². The summed E-state index contributed by atoms with van der Waals surface area (Å²) in [6, 6.07) is 9.73. The molecule has 2 N–H and O–H groups in total. The topological polar surface area (TPSA) is 104 Å². The minimum Gasteiger partial charge on any atom is -0.494 e. The van der Waals surface area contributed by atoms with E-state index < -0.39 is 17.6 Å². The number of hydrogen-bond acceptors (Lipinski definition) is 4. The van der Waals surface area contributed by atoms with Gasteiger partial charge in [-0.05, 0) is 42.3 Å². The number of hydrogen-bond donors (Lipinski definition) is 2. The lowest BCUT2D eigenvalue weighted by molar-refractivity contribution is -0.117. The zero-order chi connectivity index (χ0) is 21.0. The van der Waals surface area contributed by atoms with E-state index >= 15 is 0 Å². The molecule has 29 heavy (non-hydrogen) atoms. The lowest BCUT2D eigenvalue weighted by Gasteiger charge is -2.04. The Morgan fingerprint density at radius 3 is 2.38 bits per heavy atom. The van der Waals surface area contributed by atoms with Crippen molar-refractivity contribution in [3.8, 4) is 11.8 Å². The zero-order valence-corrected chi connectivity index (χ0v) is 15.8. The number of carbonyl (C=O) groups is 2. The molecule has 0 bridgehead atoms. The van der Waals surface area contributed by atoms with Crippen LogP contribution in [0.1, 0.15) is 35.7 Å². The first-order chi connectivity index (χ1) is 13.9. The van der Waals surface area contributed by atoms with Gasteiger partial charge in [0.25, 0.3) is 11.8 Å². The minimum absolute atomic E-state index is 0.0685. The molecule has 0 spiro atoms. The van der Waals surface area contributed by atoms with E-state index in [0.717, 1.165) is 12.8 Å². The molecule has 2 aromatic carbocycles. The highest BCUT2D eigenvalue weighted by molar-refractivity contribution is 6.02. The molecule has 0 unspecified atom stereocenters. The summed E-state index contributed by atoms with van der Waals surface area (Å²) in [7, 11) is 0. The Labute approximate surface area is 166 Å². The number of halogens is 1. The van der Waals surface area contributed by atoms with Gasteiger partial charge in [0.2, 0.25) is 11.8 Å². The van der Waals surface area contributed by atoms with Crippen molar-refractivity contribution in [3.05, 3.63) is 59.4 Å². The van der Waals surface area contributed by atoms with Crippen LogP contribution >= 0.6 is 0 Å². The molecule has 0 saturated carbocycles. The summed E-state index contributed by atoms with van der Waals surface area (Å²) < 4.78 is 14.3. The van der Waals surface area contributed by atoms with Gasteiger partial charge in [-0.3, -0.25) is 14.2 Å². The highest BCUT2D eigenvalue weighted by Gasteiger charge is 2.17. The second-order valence-electron chi connectivity index (χ2n) is 6.61. The smallest absolute Gasteiger partial charge is 0.295 e. The van der Waals surface area contributed by atoms with Crippen LogP contribution in [0.2, 0.25) is 0 Å². The van der Waals surface area contributed by atoms with E-state index in [2.05, 4.69) is 10.2 Å². The molecule has 150 valence electrons. The lowest BCUT2D eigenvalue weighted by Crippen LogP contribution is -2.00. The van der Waals surface area contributed by atoms with Gasteiger partial charge in [-0.2, -0.15) is 0 Å². The van der Waals surface area contributed by atoms with Gasteiger partial charge in [0.1, 0.15) is 5.82 Å². The van der Waals surface area contributed by atoms with Gasteiger partial charge in [-0.25, -0.2) is 4.39 Å². The maximum absolute atomic E-state index is 12.9. The van der Waals surface area contributed by atoms with Crippen LogP contribution in [0.3, 0.4) is 0 Å². The summed E-state index contributed by atoms with van der Waals surface area (Å²) in [4.78, 5) is 24.1. The predicted octanol–water partition coefficient (Wildman–Crippen LogP) is 4.35. The van der Waals surface area contributed by atoms with Gasteiger partial charge in [0.15, 0.2) is 0 Å². The molecule has 3 aromatic rings. The highest BCUT2D eigenvalue weighted by Crippen LogP contribution is 2.37. The quantitative estimate of drug-likeness (QED) is 0.603. The van der Waals surface area contributed by atoms with Crippen molar-refractivity contribution in [1.82, 2.24) is 4.57 Å². The number of rotatable bonds is 6. The summed E-state index contributed by atoms with van der Waals surface area (Å²) in [5, 5.41) is 28.2. The third-order valence-electron chi connectivity index (χ3n) is 4.52. The highest BCUT2D eigenvalue weighted by atomic mass is 19.1. The number of azo groups is 1. The van der Waals surface area contributed by atoms with Crippen molar-refractivity contribution in [1.29, 1.82) is 0 Å². The van der Waals surface area contributed by atoms with Gasteiger partial charge in [-0.1, -0.05) is 25.5 Å². The molecule has 0 radical (unpaired) electrons. The van der Waals surface area contributed by atoms with Crippen molar-refractivity contribution >= 4 is 22.6 Å². The summed E-state index contributed by atoms with van der Waals surface area (Å²) in [5.41, 5.74) is 0.678. The second-order valence-corrected chi connectivity index (χ2v) is 6.61. The summed E-state index contributed by atoms with van der Waals surface area (Å²) in [6.07, 6.45) is 1.56. The Kier molecular flexibility index (Phi) is 6.01. The molecule has 0 fully saturated rings. The monoisotopic (exact) mass is 397 g/mol. The maximum Gasteiger partial charge on any atom is 0.295 e. The Hall–Kier alpha value is -3.55. The average molecular weight is 397 g/mol. The molecule has 2 amide bonds. The van der Waals surface area contributed by atoms with Crippen molar-refractivity contribution in [2.45, 2.75) is 32.7 Å². The second kappa shape index (κ2) is 8.64. The van der Waals surface area contributed by atoms with Crippen LogP contribution in [0.25, 0.3) is 10.8 Å². The molecule has 8 heteroatoms. The van der Waals surface area contributed by atoms with Crippen LogP contribution in [-0.4, -0.2) is 26.6 Å². The van der Waals surface area contributed by atoms with Crippen molar-refractivity contribution < 1.29 is 24.2 Å². The maximum atomic E-state index is 12.9. The van der Waals surface area contributed by atoms with Gasteiger partial charge >= 0.3 is 0 Å². The standard InChI is InChI=1S/C21H20FN3O4/c1-2-3-10-25-20(28)16-9-6-14(12-17(16)21(25)29)19(27)24-23-18(26)11-13-4-7-15(22)8-5-13/h4-9,12,28-29H,2-3,10-11H2,1H3. The van der Waals surface area contributed by atoms with Crippen LogP contribution in [-0.2, 0) is 17.8 Å². The van der Waals surface area contributed by atoms with Crippen molar-refractivity contribution in [2.75, 3.05) is 0 Å². The van der Waals surface area contributed by atoms with E-state index in [1.807, 2.05) is 6.92 Å². The number of amides is 2. The third-order valence-corrected chi connectivity index (χ3v) is 4.52. The molecule has 3 rings (SSSR count). The largest absolute Gasteiger partial charge is 0.494 e. The molecular formula is C21H20FN3O4. The van der Waals surface area contributed by atoms with Gasteiger partial charge < -0.3 is 10.2 Å². The molecule has 0 atom stereocenters. The summed E-state index contributed by atoms with van der Waals surface area (Å²) in [6.45, 7) is 2.44. The fourth-order valence-corrected chi connectivity index (χ4v) is 2.95. The van der Waals surface area contributed by atoms with Crippen molar-refractivity contribution in [3.63, 3.8) is 0 Å². The van der Waals surface area contributed by atoms with Gasteiger partial charge in [0.05, 0.1) is 6.42 Å². The molecule has 1 aromatic heterocycles. The minimum atomic E-state index is -0.750. The zero-order valence-electron chi connectivity index (χ0n) is 15.8. The Morgan fingerprint density at radius 2 is 1.69 bits per heavy atom. The van der Waals surface area contributed by atoms with Crippen LogP contribution < -0.4 is 0 Å². The first-order valence-corrected chi connectivity index (χ1v) is 9.18. The molecule has 0 aliphatic rings. The van der Waals surface area contributed by atoms with Crippen LogP contribution in [0.5, 0.6) is 11.8 Å². The number of nitrogens with zero attached hydrogens (tertiary/aromatic N) is 3. The molecule has 1 heterocycles. The number of unbranched alkanes of at least 4 members (excludes halogenated alkanes) is 1. The van der Waals surface area contributed by atoms with Crippen LogP contribution in [0.15, 0.2) is 52.7 Å². The molecule has 0 aliphatic carbocycles. The summed E-state index contributed by atoms with van der Waals surface area (Å²) >= 11 is 0. The number of fused-ring (bicyclic) bond motifs is 1.